The number of hydrogen-bond donors (Lipinski definition) is 1. The molecule has 6 heteroatoms. The van der Waals surface area contributed by atoms with E-state index in [-0.39, 0.29) is 17.3 Å². The fourth-order valence-corrected chi connectivity index (χ4v) is 1.59. The topological polar surface area (TPSA) is 82.0 Å². The molecule has 0 unspecified atom stereocenters. The second kappa shape index (κ2) is 4.40. The Morgan fingerprint density at radius 3 is 2.67 bits per heavy atom. The Hall–Kier alpha value is -2.50. The number of aryl methyl sites for hydroxylation is 1. The van der Waals surface area contributed by atoms with Gasteiger partial charge in [0.05, 0.1) is 16.7 Å². The zero-order chi connectivity index (χ0) is 13.3. The summed E-state index contributed by atoms with van der Waals surface area (Å²) in [7, 11) is 0. The summed E-state index contributed by atoms with van der Waals surface area (Å²) in [6.45, 7) is 1.61. The lowest BCUT2D eigenvalue weighted by Crippen LogP contribution is -1.97. The third-order valence-corrected chi connectivity index (χ3v) is 2.49. The van der Waals surface area contributed by atoms with E-state index >= 15 is 0 Å². The summed E-state index contributed by atoms with van der Waals surface area (Å²) in [4.78, 5) is 14.2. The van der Waals surface area contributed by atoms with E-state index in [0.29, 0.717) is 16.8 Å². The third-order valence-electron chi connectivity index (χ3n) is 2.49. The highest BCUT2D eigenvalue weighted by Crippen LogP contribution is 2.25. The first-order valence-electron chi connectivity index (χ1n) is 5.16. The van der Waals surface area contributed by atoms with Gasteiger partial charge in [0.25, 0.3) is 5.69 Å². The molecule has 0 spiro atoms. The number of aromatic nitrogens is 1. The Morgan fingerprint density at radius 2 is 2.06 bits per heavy atom. The van der Waals surface area contributed by atoms with Gasteiger partial charge in [-0.1, -0.05) is 0 Å². The van der Waals surface area contributed by atoms with E-state index in [1.165, 1.54) is 24.3 Å². The molecule has 18 heavy (non-hydrogen) atoms. The van der Waals surface area contributed by atoms with Gasteiger partial charge in [-0.05, 0) is 30.7 Å². The molecular formula is C12H10FN3O2. The summed E-state index contributed by atoms with van der Waals surface area (Å²) >= 11 is 0. The van der Waals surface area contributed by atoms with E-state index in [1.807, 2.05) is 0 Å². The fraction of sp³-hybridized carbons (Fsp3) is 0.0833. The van der Waals surface area contributed by atoms with Crippen molar-refractivity contribution in [2.75, 3.05) is 5.73 Å². The van der Waals surface area contributed by atoms with Gasteiger partial charge in [-0.15, -0.1) is 0 Å². The summed E-state index contributed by atoms with van der Waals surface area (Å²) in [5, 5.41) is 10.7. The minimum absolute atomic E-state index is 0.0566. The molecule has 2 rings (SSSR count). The van der Waals surface area contributed by atoms with Crippen molar-refractivity contribution in [3.8, 4) is 11.3 Å². The van der Waals surface area contributed by atoms with E-state index in [2.05, 4.69) is 4.98 Å². The lowest BCUT2D eigenvalue weighted by molar-refractivity contribution is -0.384. The number of anilines is 1. The van der Waals surface area contributed by atoms with Crippen LogP contribution < -0.4 is 5.73 Å². The minimum Gasteiger partial charge on any atom is -0.383 e. The van der Waals surface area contributed by atoms with Gasteiger partial charge in [0.1, 0.15) is 11.6 Å². The number of nitrogens with zero attached hydrogens (tertiary/aromatic N) is 2. The van der Waals surface area contributed by atoms with Crippen molar-refractivity contribution in [2.24, 2.45) is 0 Å². The number of nitrogen functional groups attached to an aromatic ring is 1. The highest BCUT2D eigenvalue weighted by Gasteiger charge is 2.11. The van der Waals surface area contributed by atoms with Gasteiger partial charge in [-0.2, -0.15) is 0 Å². The van der Waals surface area contributed by atoms with Crippen LogP contribution in [0.3, 0.4) is 0 Å². The molecule has 0 atom stereocenters. The molecule has 0 aliphatic rings. The molecule has 0 saturated heterocycles. The van der Waals surface area contributed by atoms with E-state index < -0.39 is 4.92 Å². The zero-order valence-electron chi connectivity index (χ0n) is 9.55. The van der Waals surface area contributed by atoms with Crippen LogP contribution >= 0.6 is 0 Å². The molecule has 1 aromatic carbocycles. The number of halogens is 1. The molecule has 2 N–H and O–H groups in total. The van der Waals surface area contributed by atoms with Crippen molar-refractivity contribution < 1.29 is 9.31 Å². The maximum absolute atomic E-state index is 13.1. The first-order chi connectivity index (χ1) is 8.47. The molecule has 0 radical (unpaired) electrons. The van der Waals surface area contributed by atoms with E-state index in [9.17, 15) is 14.5 Å². The molecule has 2 aromatic rings. The van der Waals surface area contributed by atoms with Crippen LogP contribution in [0.5, 0.6) is 0 Å². The lowest BCUT2D eigenvalue weighted by Gasteiger charge is -2.04. The maximum Gasteiger partial charge on any atom is 0.275 e. The quantitative estimate of drug-likeness (QED) is 0.653. The Labute approximate surface area is 102 Å². The van der Waals surface area contributed by atoms with Crippen LogP contribution in [0.1, 0.15) is 5.56 Å². The summed E-state index contributed by atoms with van der Waals surface area (Å²) in [5.74, 6) is -0.279. The number of hydrogen-bond acceptors (Lipinski definition) is 4. The molecule has 5 nitrogen and oxygen atoms in total. The van der Waals surface area contributed by atoms with Gasteiger partial charge in [0.15, 0.2) is 0 Å². The molecular weight excluding hydrogens is 237 g/mol. The zero-order valence-corrected chi connectivity index (χ0v) is 9.55. The highest BCUT2D eigenvalue weighted by molar-refractivity contribution is 5.65. The van der Waals surface area contributed by atoms with Crippen molar-refractivity contribution >= 4 is 11.5 Å². The van der Waals surface area contributed by atoms with Gasteiger partial charge in [0.2, 0.25) is 0 Å². The molecule has 0 amide bonds. The molecule has 0 saturated carbocycles. The first kappa shape index (κ1) is 12.0. The molecule has 1 aromatic heterocycles. The predicted molar refractivity (Wildman–Crippen MR) is 65.4 cm³/mol. The standard InChI is InChI=1S/C12H10FN3O2/c1-7-4-8(2-3-10(7)13)11-5-9(16(17)18)6-12(14)15-11/h2-6H,1H3,(H2,14,15). The van der Waals surface area contributed by atoms with Crippen molar-refractivity contribution in [1.29, 1.82) is 0 Å². The van der Waals surface area contributed by atoms with Gasteiger partial charge in [-0.25, -0.2) is 9.37 Å². The van der Waals surface area contributed by atoms with Crippen molar-refractivity contribution in [2.45, 2.75) is 6.92 Å². The van der Waals surface area contributed by atoms with Gasteiger partial charge in [0, 0.05) is 11.6 Å². The van der Waals surface area contributed by atoms with E-state index in [4.69, 9.17) is 5.73 Å². The summed E-state index contributed by atoms with van der Waals surface area (Å²) in [6.07, 6.45) is 0. The maximum atomic E-state index is 13.1. The van der Waals surface area contributed by atoms with Crippen LogP contribution in [0.25, 0.3) is 11.3 Å². The predicted octanol–water partition coefficient (Wildman–Crippen LogP) is 2.69. The van der Waals surface area contributed by atoms with Crippen LogP contribution in [-0.2, 0) is 0 Å². The largest absolute Gasteiger partial charge is 0.383 e. The Kier molecular flexibility index (Phi) is 2.93. The van der Waals surface area contributed by atoms with E-state index in [0.717, 1.165) is 0 Å². The van der Waals surface area contributed by atoms with Gasteiger partial charge in [-0.3, -0.25) is 10.1 Å². The second-order valence-electron chi connectivity index (χ2n) is 3.86. The fourth-order valence-electron chi connectivity index (χ4n) is 1.59. The van der Waals surface area contributed by atoms with Crippen LogP contribution in [0, 0.1) is 22.9 Å². The van der Waals surface area contributed by atoms with Crippen LogP contribution in [0.4, 0.5) is 15.9 Å². The SMILES string of the molecule is Cc1cc(-c2cc([N+](=O)[O-])cc(N)n2)ccc1F. The normalized spacial score (nSPS) is 10.3. The summed E-state index contributed by atoms with van der Waals surface area (Å²) in [6, 6.07) is 6.86. The monoisotopic (exact) mass is 247 g/mol. The van der Waals surface area contributed by atoms with Crippen molar-refractivity contribution in [1.82, 2.24) is 4.98 Å². The number of nitrogens with two attached hydrogens (primary N) is 1. The number of pyridine rings is 1. The highest BCUT2D eigenvalue weighted by atomic mass is 19.1. The lowest BCUT2D eigenvalue weighted by atomic mass is 10.1. The number of nitro groups is 1. The van der Waals surface area contributed by atoms with Crippen LogP contribution in [0.2, 0.25) is 0 Å². The van der Waals surface area contributed by atoms with Crippen LogP contribution in [0.15, 0.2) is 30.3 Å². The summed E-state index contributed by atoms with van der Waals surface area (Å²) in [5.41, 5.74) is 6.76. The Morgan fingerprint density at radius 1 is 1.33 bits per heavy atom. The average Bonchev–Trinajstić information content (AvgIpc) is 2.31. The van der Waals surface area contributed by atoms with Crippen molar-refractivity contribution in [3.05, 3.63) is 51.8 Å². The molecule has 0 aliphatic heterocycles. The van der Waals surface area contributed by atoms with Crippen LogP contribution in [-0.4, -0.2) is 9.91 Å². The number of benzene rings is 1. The third kappa shape index (κ3) is 2.27. The van der Waals surface area contributed by atoms with Gasteiger partial charge >= 0.3 is 0 Å². The Balaban J connectivity index is 2.56. The number of rotatable bonds is 2. The molecule has 1 heterocycles. The average molecular weight is 247 g/mol. The van der Waals surface area contributed by atoms with E-state index in [1.54, 1.807) is 13.0 Å². The first-order valence-corrected chi connectivity index (χ1v) is 5.16. The Bertz CT molecular complexity index is 629. The molecule has 0 bridgehead atoms. The molecule has 92 valence electrons. The molecule has 0 fully saturated rings. The second-order valence-corrected chi connectivity index (χ2v) is 3.86. The summed E-state index contributed by atoms with van der Waals surface area (Å²) < 4.78 is 13.1. The minimum atomic E-state index is -0.544. The van der Waals surface area contributed by atoms with Crippen molar-refractivity contribution in [3.63, 3.8) is 0 Å². The van der Waals surface area contributed by atoms with Gasteiger partial charge < -0.3 is 5.73 Å². The smallest absolute Gasteiger partial charge is 0.275 e. The molecule has 0 aliphatic carbocycles.